The molecule has 7 heteroatoms. The van der Waals surface area contributed by atoms with E-state index >= 15 is 0 Å². The molecule has 23 heavy (non-hydrogen) atoms. The summed E-state index contributed by atoms with van der Waals surface area (Å²) < 4.78 is 10.2. The zero-order valence-corrected chi connectivity index (χ0v) is 16.5. The second-order valence-electron chi connectivity index (χ2n) is 4.72. The van der Waals surface area contributed by atoms with Crippen LogP contribution >= 0.6 is 24.0 Å². The van der Waals surface area contributed by atoms with Gasteiger partial charge in [-0.3, -0.25) is 9.79 Å². The molecule has 0 saturated heterocycles. The van der Waals surface area contributed by atoms with E-state index in [-0.39, 0.29) is 29.9 Å². The molecule has 1 rings (SSSR count). The molecule has 0 aliphatic rings. The number of methoxy groups -OCH3 is 1. The normalized spacial score (nSPS) is 10.5. The van der Waals surface area contributed by atoms with Gasteiger partial charge in [0, 0.05) is 25.7 Å². The van der Waals surface area contributed by atoms with Gasteiger partial charge in [0.2, 0.25) is 0 Å². The van der Waals surface area contributed by atoms with E-state index in [2.05, 4.69) is 20.4 Å². The first-order chi connectivity index (χ1) is 10.6. The van der Waals surface area contributed by atoms with Crippen LogP contribution in [0.2, 0.25) is 0 Å². The third-order valence-electron chi connectivity index (χ3n) is 3.04. The monoisotopic (exact) mass is 435 g/mol. The van der Waals surface area contributed by atoms with Crippen LogP contribution in [0.1, 0.15) is 24.5 Å². The number of rotatable bonds is 7. The molecule has 6 nitrogen and oxygen atoms in total. The lowest BCUT2D eigenvalue weighted by Crippen LogP contribution is -2.38. The maximum absolute atomic E-state index is 11.1. The average molecular weight is 435 g/mol. The topological polar surface area (TPSA) is 72.0 Å². The van der Waals surface area contributed by atoms with Gasteiger partial charge in [-0.1, -0.05) is 12.1 Å². The Morgan fingerprint density at radius 3 is 2.65 bits per heavy atom. The van der Waals surface area contributed by atoms with Crippen LogP contribution in [0.4, 0.5) is 0 Å². The van der Waals surface area contributed by atoms with E-state index in [9.17, 15) is 4.79 Å². The van der Waals surface area contributed by atoms with E-state index in [4.69, 9.17) is 4.74 Å². The second-order valence-corrected chi connectivity index (χ2v) is 4.72. The smallest absolute Gasteiger partial charge is 0.307 e. The fourth-order valence-corrected chi connectivity index (χ4v) is 1.88. The number of nitrogens with zero attached hydrogens (tertiary/aromatic N) is 1. The molecule has 130 valence electrons. The summed E-state index contributed by atoms with van der Waals surface area (Å²) in [5, 5.41) is 6.27. The Bertz CT molecular complexity index is 521. The molecule has 0 saturated carbocycles. The number of carbonyl (C=O) groups excluding carboxylic acids is 1. The lowest BCUT2D eigenvalue weighted by atomic mass is 10.1. The van der Waals surface area contributed by atoms with Crippen molar-refractivity contribution in [2.24, 2.45) is 4.99 Å². The predicted octanol–water partition coefficient (Wildman–Crippen LogP) is 2.24. The largest absolute Gasteiger partial charge is 0.494 e. The van der Waals surface area contributed by atoms with Crippen LogP contribution in [-0.2, 0) is 16.1 Å². The Kier molecular flexibility index (Phi) is 11.2. The van der Waals surface area contributed by atoms with Crippen molar-refractivity contribution in [2.75, 3.05) is 27.3 Å². The van der Waals surface area contributed by atoms with Crippen LogP contribution in [0.3, 0.4) is 0 Å². The summed E-state index contributed by atoms with van der Waals surface area (Å²) >= 11 is 0. The van der Waals surface area contributed by atoms with Gasteiger partial charge >= 0.3 is 5.97 Å². The van der Waals surface area contributed by atoms with Crippen LogP contribution in [0, 0.1) is 6.92 Å². The molecule has 2 N–H and O–H groups in total. The molecule has 1 aromatic rings. The fraction of sp³-hybridized carbons (Fsp3) is 0.500. The summed E-state index contributed by atoms with van der Waals surface area (Å²) in [5.74, 6) is 1.26. The molecule has 0 aromatic heterocycles. The maximum Gasteiger partial charge on any atom is 0.307 e. The first-order valence-corrected chi connectivity index (χ1v) is 7.34. The lowest BCUT2D eigenvalue weighted by Gasteiger charge is -2.14. The first kappa shape index (κ1) is 21.5. The Morgan fingerprint density at radius 1 is 1.30 bits per heavy atom. The van der Waals surface area contributed by atoms with Crippen LogP contribution in [0.5, 0.6) is 5.75 Å². The van der Waals surface area contributed by atoms with Crippen molar-refractivity contribution in [3.63, 3.8) is 0 Å². The van der Waals surface area contributed by atoms with Crippen LogP contribution < -0.4 is 15.4 Å². The molecular formula is C16H26IN3O3. The Morgan fingerprint density at radius 2 is 2.04 bits per heavy atom. The third-order valence-corrected chi connectivity index (χ3v) is 3.04. The fourth-order valence-electron chi connectivity index (χ4n) is 1.88. The molecular weight excluding hydrogens is 409 g/mol. The number of aryl methyl sites for hydroxylation is 1. The summed E-state index contributed by atoms with van der Waals surface area (Å²) in [6.45, 7) is 5.69. The number of benzene rings is 1. The van der Waals surface area contributed by atoms with Crippen molar-refractivity contribution in [3.8, 4) is 5.75 Å². The first-order valence-electron chi connectivity index (χ1n) is 7.34. The number of hydrogen-bond donors (Lipinski definition) is 2. The van der Waals surface area contributed by atoms with Gasteiger partial charge in [-0.2, -0.15) is 0 Å². The highest BCUT2D eigenvalue weighted by Crippen LogP contribution is 2.20. The zero-order valence-electron chi connectivity index (χ0n) is 14.1. The molecule has 0 bridgehead atoms. The van der Waals surface area contributed by atoms with E-state index in [1.54, 1.807) is 7.05 Å². The summed E-state index contributed by atoms with van der Waals surface area (Å²) in [5.41, 5.74) is 2.22. The predicted molar refractivity (Wildman–Crippen MR) is 103 cm³/mol. The lowest BCUT2D eigenvalue weighted by molar-refractivity contribution is -0.140. The molecule has 0 aliphatic carbocycles. The minimum atomic E-state index is -0.250. The molecule has 0 amide bonds. The van der Waals surface area contributed by atoms with E-state index in [1.807, 2.05) is 32.0 Å². The van der Waals surface area contributed by atoms with Gasteiger partial charge < -0.3 is 20.1 Å². The van der Waals surface area contributed by atoms with Crippen molar-refractivity contribution in [2.45, 2.75) is 26.8 Å². The van der Waals surface area contributed by atoms with Crippen LogP contribution in [0.15, 0.2) is 23.2 Å². The zero-order chi connectivity index (χ0) is 16.4. The van der Waals surface area contributed by atoms with Crippen molar-refractivity contribution < 1.29 is 14.3 Å². The van der Waals surface area contributed by atoms with E-state index < -0.39 is 0 Å². The average Bonchev–Trinajstić information content (AvgIpc) is 2.52. The maximum atomic E-state index is 11.1. The number of hydrogen-bond acceptors (Lipinski definition) is 4. The summed E-state index contributed by atoms with van der Waals surface area (Å²) in [6, 6.07) is 6.11. The Balaban J connectivity index is 0.00000484. The number of ether oxygens (including phenoxy) is 2. The van der Waals surface area contributed by atoms with Gasteiger partial charge in [-0.25, -0.2) is 0 Å². The van der Waals surface area contributed by atoms with Gasteiger partial charge in [0.1, 0.15) is 5.75 Å². The second kappa shape index (κ2) is 12.0. The third kappa shape index (κ3) is 8.06. The molecule has 1 aromatic carbocycles. The molecule has 0 fully saturated rings. The van der Waals surface area contributed by atoms with E-state index in [1.165, 1.54) is 7.11 Å². The highest BCUT2D eigenvalue weighted by molar-refractivity contribution is 14.0. The van der Waals surface area contributed by atoms with Gasteiger partial charge in [-0.05, 0) is 25.5 Å². The standard InChI is InChI=1S/C16H25N3O3.HI/c1-5-22-14-10-12(2)6-7-13(14)11-19-16(17-3)18-9-8-15(20)21-4;/h6-7,10H,5,8-9,11H2,1-4H3,(H2,17,18,19);1H. The van der Waals surface area contributed by atoms with Crippen molar-refractivity contribution >= 4 is 35.9 Å². The summed E-state index contributed by atoms with van der Waals surface area (Å²) in [4.78, 5) is 15.2. The molecule has 0 heterocycles. The molecule has 0 radical (unpaired) electrons. The molecule has 0 spiro atoms. The van der Waals surface area contributed by atoms with Crippen LogP contribution in [-0.4, -0.2) is 39.2 Å². The Hall–Kier alpha value is -1.51. The Labute approximate surface area is 155 Å². The van der Waals surface area contributed by atoms with Crippen molar-refractivity contribution in [3.05, 3.63) is 29.3 Å². The minimum absolute atomic E-state index is 0. The summed E-state index contributed by atoms with van der Waals surface area (Å²) in [7, 11) is 3.06. The minimum Gasteiger partial charge on any atom is -0.494 e. The summed E-state index contributed by atoms with van der Waals surface area (Å²) in [6.07, 6.45) is 0.298. The highest BCUT2D eigenvalue weighted by Gasteiger charge is 2.06. The number of nitrogens with one attached hydrogen (secondary N) is 2. The van der Waals surface area contributed by atoms with Gasteiger partial charge in [-0.15, -0.1) is 24.0 Å². The number of esters is 1. The molecule has 0 atom stereocenters. The van der Waals surface area contributed by atoms with Crippen molar-refractivity contribution in [1.29, 1.82) is 0 Å². The molecule has 0 aliphatic heterocycles. The number of halogens is 1. The highest BCUT2D eigenvalue weighted by atomic mass is 127. The molecule has 0 unspecified atom stereocenters. The number of guanidine groups is 1. The van der Waals surface area contributed by atoms with Crippen molar-refractivity contribution in [1.82, 2.24) is 10.6 Å². The SMILES string of the molecule is CCOc1cc(C)ccc1CNC(=NC)NCCC(=O)OC.I. The number of aliphatic imine (C=N–C) groups is 1. The van der Waals surface area contributed by atoms with Gasteiger partial charge in [0.05, 0.1) is 20.1 Å². The van der Waals surface area contributed by atoms with Gasteiger partial charge in [0.25, 0.3) is 0 Å². The number of carbonyl (C=O) groups is 1. The quantitative estimate of drug-likeness (QED) is 0.298. The van der Waals surface area contributed by atoms with E-state index in [0.29, 0.717) is 32.1 Å². The van der Waals surface area contributed by atoms with Gasteiger partial charge in [0.15, 0.2) is 5.96 Å². The van der Waals surface area contributed by atoms with E-state index in [0.717, 1.165) is 16.9 Å². The van der Waals surface area contributed by atoms with Crippen LogP contribution in [0.25, 0.3) is 0 Å².